The Balaban J connectivity index is 2.15. The molecule has 1 amide bonds. The molecule has 1 saturated carbocycles. The van der Waals surface area contributed by atoms with E-state index in [0.29, 0.717) is 16.3 Å². The smallest absolute Gasteiger partial charge is 0.233 e. The standard InChI is InChI=1S/C27H46N2OS2/c1-19(28(8)9)29(10)25(30)18-31-23-13-11-12-14-24(23)32-22-16-20(26(2,3)4)15-21(17-22)27(5,6)7/h15-17,19,23-24H,11-14,18H2,1-10H3. The van der Waals surface area contributed by atoms with Crippen molar-refractivity contribution in [1.82, 2.24) is 9.80 Å². The minimum absolute atomic E-state index is 0.121. The second kappa shape index (κ2) is 11.2. The van der Waals surface area contributed by atoms with Gasteiger partial charge in [-0.3, -0.25) is 9.69 Å². The van der Waals surface area contributed by atoms with Crippen molar-refractivity contribution in [3.8, 4) is 0 Å². The van der Waals surface area contributed by atoms with Crippen molar-refractivity contribution in [2.24, 2.45) is 0 Å². The zero-order valence-electron chi connectivity index (χ0n) is 22.1. The highest BCUT2D eigenvalue weighted by Gasteiger charge is 2.29. The van der Waals surface area contributed by atoms with E-state index in [1.807, 2.05) is 37.8 Å². The molecule has 0 N–H and O–H groups in total. The number of benzene rings is 1. The molecule has 0 bridgehead atoms. The van der Waals surface area contributed by atoms with Gasteiger partial charge in [0.1, 0.15) is 0 Å². The molecule has 182 valence electrons. The van der Waals surface area contributed by atoms with Gasteiger partial charge < -0.3 is 4.90 Å². The van der Waals surface area contributed by atoms with E-state index in [-0.39, 0.29) is 22.9 Å². The molecular formula is C27H46N2OS2. The number of hydrogen-bond acceptors (Lipinski definition) is 4. The Bertz CT molecular complexity index is 732. The summed E-state index contributed by atoms with van der Waals surface area (Å²) in [6, 6.07) is 7.22. The average molecular weight is 479 g/mol. The zero-order valence-corrected chi connectivity index (χ0v) is 23.8. The van der Waals surface area contributed by atoms with E-state index >= 15 is 0 Å². The number of hydrogen-bond donors (Lipinski definition) is 0. The number of thioether (sulfide) groups is 2. The molecule has 0 spiro atoms. The third-order valence-electron chi connectivity index (χ3n) is 6.69. The van der Waals surface area contributed by atoms with Crippen LogP contribution in [0.3, 0.4) is 0 Å². The van der Waals surface area contributed by atoms with E-state index in [9.17, 15) is 4.79 Å². The second-order valence-electron chi connectivity index (χ2n) is 11.6. The molecule has 0 aromatic heterocycles. The van der Waals surface area contributed by atoms with Gasteiger partial charge in [-0.15, -0.1) is 23.5 Å². The molecule has 1 aromatic carbocycles. The largest absolute Gasteiger partial charge is 0.330 e. The van der Waals surface area contributed by atoms with Crippen LogP contribution in [-0.2, 0) is 15.6 Å². The summed E-state index contributed by atoms with van der Waals surface area (Å²) in [6.45, 7) is 15.9. The Labute approximate surface area is 206 Å². The summed E-state index contributed by atoms with van der Waals surface area (Å²) in [5, 5.41) is 1.11. The van der Waals surface area contributed by atoms with Crippen molar-refractivity contribution in [2.45, 2.75) is 107 Å². The molecule has 0 saturated heterocycles. The SMILES string of the molecule is CC(N(C)C)N(C)C(=O)CSC1CCCCC1Sc1cc(C(C)(C)C)cc(C(C)(C)C)c1. The summed E-state index contributed by atoms with van der Waals surface area (Å²) in [5.41, 5.74) is 3.11. The number of rotatable bonds is 7. The maximum absolute atomic E-state index is 12.8. The lowest BCUT2D eigenvalue weighted by molar-refractivity contribution is -0.131. The summed E-state index contributed by atoms with van der Waals surface area (Å²) in [5.74, 6) is 0.807. The Hall–Kier alpha value is -0.650. The predicted octanol–water partition coefficient (Wildman–Crippen LogP) is 6.78. The van der Waals surface area contributed by atoms with Crippen LogP contribution in [0.1, 0.15) is 85.3 Å². The fourth-order valence-corrected chi connectivity index (χ4v) is 6.89. The van der Waals surface area contributed by atoms with Crippen LogP contribution >= 0.6 is 23.5 Å². The van der Waals surface area contributed by atoms with E-state index in [0.717, 1.165) is 0 Å². The van der Waals surface area contributed by atoms with Crippen molar-refractivity contribution in [1.29, 1.82) is 0 Å². The highest BCUT2D eigenvalue weighted by molar-refractivity contribution is 8.04. The van der Waals surface area contributed by atoms with E-state index in [1.54, 1.807) is 0 Å². The summed E-state index contributed by atoms with van der Waals surface area (Å²) in [7, 11) is 5.96. The number of carbonyl (C=O) groups excluding carboxylic acids is 1. The van der Waals surface area contributed by atoms with Gasteiger partial charge in [-0.2, -0.15) is 0 Å². The Morgan fingerprint density at radius 2 is 1.44 bits per heavy atom. The van der Waals surface area contributed by atoms with Gasteiger partial charge in [0.25, 0.3) is 0 Å². The van der Waals surface area contributed by atoms with Gasteiger partial charge >= 0.3 is 0 Å². The van der Waals surface area contributed by atoms with Gasteiger partial charge in [0, 0.05) is 22.4 Å². The first-order valence-electron chi connectivity index (χ1n) is 12.1. The Morgan fingerprint density at radius 1 is 0.938 bits per heavy atom. The first-order chi connectivity index (χ1) is 14.7. The number of amides is 1. The van der Waals surface area contributed by atoms with Gasteiger partial charge in [0.2, 0.25) is 5.91 Å². The topological polar surface area (TPSA) is 23.6 Å². The summed E-state index contributed by atoms with van der Waals surface area (Å²) >= 11 is 3.93. The van der Waals surface area contributed by atoms with Crippen molar-refractivity contribution in [3.63, 3.8) is 0 Å². The number of nitrogens with zero attached hydrogens (tertiary/aromatic N) is 2. The molecule has 3 atom stereocenters. The van der Waals surface area contributed by atoms with Crippen LogP contribution in [0.5, 0.6) is 0 Å². The third-order valence-corrected chi connectivity index (χ3v) is 9.64. The molecule has 3 nitrogen and oxygen atoms in total. The van der Waals surface area contributed by atoms with Crippen LogP contribution in [0.2, 0.25) is 0 Å². The minimum Gasteiger partial charge on any atom is -0.330 e. The van der Waals surface area contributed by atoms with Gasteiger partial charge in [-0.25, -0.2) is 0 Å². The minimum atomic E-state index is 0.121. The fraction of sp³-hybridized carbons (Fsp3) is 0.741. The summed E-state index contributed by atoms with van der Waals surface area (Å²) < 4.78 is 0. The molecule has 1 fully saturated rings. The molecule has 0 radical (unpaired) electrons. The van der Waals surface area contributed by atoms with Gasteiger partial charge in [0.15, 0.2) is 0 Å². The fourth-order valence-electron chi connectivity index (χ4n) is 3.93. The molecule has 1 aromatic rings. The van der Waals surface area contributed by atoms with E-state index in [4.69, 9.17) is 0 Å². The summed E-state index contributed by atoms with van der Waals surface area (Å²) in [6.07, 6.45) is 5.15. The van der Waals surface area contributed by atoms with Crippen LogP contribution in [0.25, 0.3) is 0 Å². The highest BCUT2D eigenvalue weighted by atomic mass is 32.2. The summed E-state index contributed by atoms with van der Waals surface area (Å²) in [4.78, 5) is 18.1. The van der Waals surface area contributed by atoms with Crippen LogP contribution in [0, 0.1) is 0 Å². The quantitative estimate of drug-likeness (QED) is 0.403. The Kier molecular flexibility index (Phi) is 9.64. The maximum atomic E-state index is 12.8. The lowest BCUT2D eigenvalue weighted by Gasteiger charge is -2.33. The first-order valence-corrected chi connectivity index (χ1v) is 14.0. The van der Waals surface area contributed by atoms with E-state index in [1.165, 1.54) is 41.7 Å². The second-order valence-corrected chi connectivity index (χ2v) is 14.2. The van der Waals surface area contributed by atoms with Crippen molar-refractivity contribution < 1.29 is 4.79 Å². The molecule has 1 aliphatic carbocycles. The lowest BCUT2D eigenvalue weighted by Crippen LogP contribution is -2.44. The molecule has 2 rings (SSSR count). The molecule has 0 aliphatic heterocycles. The van der Waals surface area contributed by atoms with Gasteiger partial charge in [-0.1, -0.05) is 60.5 Å². The zero-order chi connectivity index (χ0) is 24.3. The van der Waals surface area contributed by atoms with Crippen LogP contribution in [-0.4, -0.2) is 59.3 Å². The van der Waals surface area contributed by atoms with Gasteiger partial charge in [0.05, 0.1) is 11.9 Å². The van der Waals surface area contributed by atoms with Crippen molar-refractivity contribution in [2.75, 3.05) is 26.9 Å². The van der Waals surface area contributed by atoms with Crippen LogP contribution < -0.4 is 0 Å². The molecule has 5 heteroatoms. The lowest BCUT2D eigenvalue weighted by atomic mass is 9.81. The molecule has 3 unspecified atom stereocenters. The average Bonchev–Trinajstić information content (AvgIpc) is 2.70. The van der Waals surface area contributed by atoms with Crippen molar-refractivity contribution >= 4 is 29.4 Å². The molecule has 0 heterocycles. The van der Waals surface area contributed by atoms with E-state index in [2.05, 4.69) is 83.3 Å². The van der Waals surface area contributed by atoms with Crippen LogP contribution in [0.4, 0.5) is 0 Å². The van der Waals surface area contributed by atoms with E-state index < -0.39 is 0 Å². The first kappa shape index (κ1) is 27.6. The molecule has 1 aliphatic rings. The molecule has 32 heavy (non-hydrogen) atoms. The van der Waals surface area contributed by atoms with Crippen LogP contribution in [0.15, 0.2) is 23.1 Å². The normalized spacial score (nSPS) is 21.0. The predicted molar refractivity (Wildman–Crippen MR) is 144 cm³/mol. The monoisotopic (exact) mass is 478 g/mol. The maximum Gasteiger partial charge on any atom is 0.233 e. The Morgan fingerprint density at radius 3 is 1.91 bits per heavy atom. The molecular weight excluding hydrogens is 432 g/mol. The van der Waals surface area contributed by atoms with Crippen molar-refractivity contribution in [3.05, 3.63) is 29.3 Å². The third kappa shape index (κ3) is 7.70. The highest BCUT2D eigenvalue weighted by Crippen LogP contribution is 2.42. The number of carbonyl (C=O) groups is 1. The van der Waals surface area contributed by atoms with Gasteiger partial charge in [-0.05, 0) is 68.0 Å².